The van der Waals surface area contributed by atoms with Crippen LogP contribution in [0.15, 0.2) is 35.2 Å². The second-order valence-corrected chi connectivity index (χ2v) is 7.80. The number of rotatable bonds is 4. The molecule has 2 N–H and O–H groups in total. The second-order valence-electron chi connectivity index (χ2n) is 6.12. The van der Waals surface area contributed by atoms with Crippen molar-refractivity contribution in [2.75, 3.05) is 28.0 Å². The first-order chi connectivity index (χ1) is 12.0. The van der Waals surface area contributed by atoms with E-state index in [1.807, 2.05) is 0 Å². The van der Waals surface area contributed by atoms with Crippen molar-refractivity contribution in [2.24, 2.45) is 0 Å². The molecule has 1 aromatic carbocycles. The third-order valence-corrected chi connectivity index (χ3v) is 5.68. The topological polar surface area (TPSA) is 104 Å². The first kappa shape index (κ1) is 15.8. The number of amides is 1. The van der Waals surface area contributed by atoms with Gasteiger partial charge >= 0.3 is 0 Å². The number of benzene rings is 1. The normalized spacial score (nSPS) is 16.6. The van der Waals surface area contributed by atoms with Crippen LogP contribution in [-0.4, -0.2) is 37.6 Å². The van der Waals surface area contributed by atoms with E-state index in [4.69, 9.17) is 0 Å². The molecule has 3 heterocycles. The first-order valence-electron chi connectivity index (χ1n) is 8.05. The number of anilines is 3. The summed E-state index contributed by atoms with van der Waals surface area (Å²) >= 11 is 0. The van der Waals surface area contributed by atoms with E-state index in [1.54, 1.807) is 18.2 Å². The molecule has 2 aliphatic heterocycles. The van der Waals surface area contributed by atoms with E-state index in [9.17, 15) is 13.2 Å². The molecule has 0 radical (unpaired) electrons. The number of nitrogens with one attached hydrogen (secondary N) is 2. The van der Waals surface area contributed by atoms with E-state index >= 15 is 0 Å². The summed E-state index contributed by atoms with van der Waals surface area (Å²) in [5.41, 5.74) is 1.32. The summed E-state index contributed by atoms with van der Waals surface area (Å²) in [5.74, 6) is 0.779. The fourth-order valence-electron chi connectivity index (χ4n) is 3.06. The van der Waals surface area contributed by atoms with Crippen molar-refractivity contribution in [1.29, 1.82) is 0 Å². The molecule has 0 bridgehead atoms. The van der Waals surface area contributed by atoms with Gasteiger partial charge in [0.1, 0.15) is 0 Å². The highest BCUT2D eigenvalue weighted by Gasteiger charge is 2.22. The predicted octanol–water partition coefficient (Wildman–Crippen LogP) is 1.37. The molecule has 1 aromatic heterocycles. The van der Waals surface area contributed by atoms with Crippen molar-refractivity contribution in [3.8, 4) is 0 Å². The second kappa shape index (κ2) is 5.99. The molecule has 0 aliphatic carbocycles. The quantitative estimate of drug-likeness (QED) is 0.854. The Morgan fingerprint density at radius 2 is 1.88 bits per heavy atom. The molecule has 8 nitrogen and oxygen atoms in total. The number of nitrogens with zero attached hydrogens (tertiary/aromatic N) is 3. The number of hydrogen-bond donors (Lipinski definition) is 2. The third-order valence-electron chi connectivity index (χ3n) is 4.33. The summed E-state index contributed by atoms with van der Waals surface area (Å²) in [4.78, 5) is 13.6. The zero-order valence-corrected chi connectivity index (χ0v) is 14.2. The lowest BCUT2D eigenvalue weighted by atomic mass is 10.2. The molecule has 0 atom stereocenters. The van der Waals surface area contributed by atoms with Gasteiger partial charge in [0.15, 0.2) is 11.6 Å². The molecule has 1 fully saturated rings. The maximum Gasteiger partial charge on any atom is 0.263 e. The lowest BCUT2D eigenvalue weighted by Gasteiger charge is -2.15. The van der Waals surface area contributed by atoms with Crippen LogP contribution in [0, 0.1) is 0 Å². The third kappa shape index (κ3) is 3.14. The molecule has 0 unspecified atom stereocenters. The van der Waals surface area contributed by atoms with Gasteiger partial charge in [-0.3, -0.25) is 9.52 Å². The van der Waals surface area contributed by atoms with Gasteiger partial charge in [0, 0.05) is 18.8 Å². The minimum atomic E-state index is -3.79. The zero-order chi connectivity index (χ0) is 17.4. The molecule has 0 saturated carbocycles. The van der Waals surface area contributed by atoms with Crippen LogP contribution >= 0.6 is 0 Å². The Morgan fingerprint density at radius 3 is 2.60 bits per heavy atom. The Morgan fingerprint density at radius 1 is 1.08 bits per heavy atom. The van der Waals surface area contributed by atoms with Crippen LogP contribution in [0.25, 0.3) is 0 Å². The lowest BCUT2D eigenvalue weighted by Crippen LogP contribution is -2.20. The Bertz CT molecular complexity index is 921. The van der Waals surface area contributed by atoms with Gasteiger partial charge in [-0.2, -0.15) is 0 Å². The molecule has 2 aromatic rings. The number of aromatic nitrogens is 2. The van der Waals surface area contributed by atoms with Gasteiger partial charge in [-0.05, 0) is 48.7 Å². The summed E-state index contributed by atoms with van der Waals surface area (Å²) in [6.07, 6.45) is 2.44. The van der Waals surface area contributed by atoms with Crippen LogP contribution in [0.4, 0.5) is 17.3 Å². The number of hydrogen-bond acceptors (Lipinski definition) is 6. The highest BCUT2D eigenvalue weighted by atomic mass is 32.2. The maximum atomic E-state index is 12.5. The Balaban J connectivity index is 1.53. The number of carbonyl (C=O) groups excluding carboxylic acids is 1. The first-order valence-corrected chi connectivity index (χ1v) is 9.54. The van der Waals surface area contributed by atoms with Crippen molar-refractivity contribution in [2.45, 2.75) is 24.2 Å². The molecule has 2 aliphatic rings. The molecular formula is C16H17N5O3S. The Labute approximate surface area is 145 Å². The van der Waals surface area contributed by atoms with Gasteiger partial charge < -0.3 is 10.2 Å². The van der Waals surface area contributed by atoms with Crippen molar-refractivity contribution >= 4 is 33.3 Å². The molecule has 1 saturated heterocycles. The van der Waals surface area contributed by atoms with Crippen LogP contribution in [-0.2, 0) is 21.2 Å². The van der Waals surface area contributed by atoms with Crippen molar-refractivity contribution in [3.05, 3.63) is 35.9 Å². The van der Waals surface area contributed by atoms with E-state index < -0.39 is 10.0 Å². The van der Waals surface area contributed by atoms with E-state index in [-0.39, 0.29) is 23.0 Å². The van der Waals surface area contributed by atoms with Crippen LogP contribution in [0.2, 0.25) is 0 Å². The van der Waals surface area contributed by atoms with Gasteiger partial charge in [-0.15, -0.1) is 10.2 Å². The molecule has 25 heavy (non-hydrogen) atoms. The van der Waals surface area contributed by atoms with Crippen molar-refractivity contribution in [3.63, 3.8) is 0 Å². The lowest BCUT2D eigenvalue weighted by molar-refractivity contribution is -0.115. The highest BCUT2D eigenvalue weighted by molar-refractivity contribution is 7.92. The van der Waals surface area contributed by atoms with Gasteiger partial charge in [-0.1, -0.05) is 0 Å². The molecule has 9 heteroatoms. The van der Waals surface area contributed by atoms with Crippen LogP contribution in [0.3, 0.4) is 0 Å². The highest BCUT2D eigenvalue weighted by Crippen LogP contribution is 2.26. The molecule has 130 valence electrons. The van der Waals surface area contributed by atoms with Gasteiger partial charge in [0.2, 0.25) is 5.91 Å². The molecule has 0 spiro atoms. The van der Waals surface area contributed by atoms with Crippen LogP contribution in [0.1, 0.15) is 18.4 Å². The average Bonchev–Trinajstić information content (AvgIpc) is 3.22. The summed E-state index contributed by atoms with van der Waals surface area (Å²) in [6, 6.07) is 7.93. The fourth-order valence-corrected chi connectivity index (χ4v) is 4.11. The fraction of sp³-hybridized carbons (Fsp3) is 0.312. The summed E-state index contributed by atoms with van der Waals surface area (Å²) in [6.45, 7) is 1.89. The largest absolute Gasteiger partial charge is 0.355 e. The SMILES string of the molecule is O=C1Cc2cc(S(=O)(=O)Nc3ccc(N4CCCC4)nn3)ccc2N1. The molecule has 4 rings (SSSR count). The maximum absolute atomic E-state index is 12.5. The van der Waals surface area contributed by atoms with Gasteiger partial charge in [0.25, 0.3) is 10.0 Å². The van der Waals surface area contributed by atoms with Crippen molar-refractivity contribution < 1.29 is 13.2 Å². The van der Waals surface area contributed by atoms with E-state index in [0.717, 1.165) is 31.7 Å². The summed E-state index contributed by atoms with van der Waals surface area (Å²) in [5, 5.41) is 10.7. The Kier molecular flexibility index (Phi) is 3.79. The number of fused-ring (bicyclic) bond motifs is 1. The van der Waals surface area contributed by atoms with Crippen LogP contribution in [0.5, 0.6) is 0 Å². The zero-order valence-electron chi connectivity index (χ0n) is 13.4. The Hall–Kier alpha value is -2.68. The van der Waals surface area contributed by atoms with Gasteiger partial charge in [0.05, 0.1) is 11.3 Å². The summed E-state index contributed by atoms with van der Waals surface area (Å²) in [7, 11) is -3.79. The van der Waals surface area contributed by atoms with Crippen LogP contribution < -0.4 is 14.9 Å². The molecular weight excluding hydrogens is 342 g/mol. The van der Waals surface area contributed by atoms with E-state index in [0.29, 0.717) is 11.3 Å². The molecule has 1 amide bonds. The minimum absolute atomic E-state index is 0.0909. The van der Waals surface area contributed by atoms with Gasteiger partial charge in [-0.25, -0.2) is 8.42 Å². The van der Waals surface area contributed by atoms with Crippen molar-refractivity contribution in [1.82, 2.24) is 10.2 Å². The smallest absolute Gasteiger partial charge is 0.263 e. The monoisotopic (exact) mass is 359 g/mol. The van der Waals surface area contributed by atoms with E-state index in [1.165, 1.54) is 12.1 Å². The standard InChI is InChI=1S/C16H17N5O3S/c22-16-10-11-9-12(3-4-13(11)17-16)25(23,24)20-14-5-6-15(19-18-14)21-7-1-2-8-21/h3-6,9H,1-2,7-8,10H2,(H,17,22)(H,18,20). The predicted molar refractivity (Wildman–Crippen MR) is 93.1 cm³/mol. The van der Waals surface area contributed by atoms with E-state index in [2.05, 4.69) is 25.1 Å². The summed E-state index contributed by atoms with van der Waals surface area (Å²) < 4.78 is 27.5. The minimum Gasteiger partial charge on any atom is -0.355 e. The average molecular weight is 359 g/mol. The number of carbonyl (C=O) groups is 1. The number of sulfonamides is 1.